The molecule has 2 aromatic rings. The first-order valence-electron chi connectivity index (χ1n) is 9.46. The second-order valence-corrected chi connectivity index (χ2v) is 7.96. The van der Waals surface area contributed by atoms with Crippen LogP contribution in [0.3, 0.4) is 0 Å². The summed E-state index contributed by atoms with van der Waals surface area (Å²) in [5, 5.41) is 2.99. The molecule has 0 saturated carbocycles. The Balaban J connectivity index is 0.000000221. The average molecular weight is 554 g/mol. The van der Waals surface area contributed by atoms with Crippen LogP contribution in [0.1, 0.15) is 40.7 Å². The van der Waals surface area contributed by atoms with Crippen molar-refractivity contribution in [2.24, 2.45) is 3.65 Å². The number of urea groups is 1. The van der Waals surface area contributed by atoms with E-state index in [0.29, 0.717) is 0 Å². The van der Waals surface area contributed by atoms with Gasteiger partial charge in [-0.1, -0.05) is 0 Å². The minimum Gasteiger partial charge on any atom is -0.358 e. The van der Waals surface area contributed by atoms with E-state index in [1.54, 1.807) is 0 Å². The Labute approximate surface area is 179 Å². The second-order valence-electron chi connectivity index (χ2n) is 7.39. The zero-order valence-electron chi connectivity index (χ0n) is 17.0. The monoisotopic (exact) mass is 555 g/mol. The Morgan fingerprint density at radius 3 is 2.18 bits per heavy atom. The van der Waals surface area contributed by atoms with Gasteiger partial charge in [-0.25, -0.2) is 0 Å². The third kappa shape index (κ3) is 5.66. The van der Waals surface area contributed by atoms with Gasteiger partial charge in [-0.15, -0.1) is 5.56 Å². The van der Waals surface area contributed by atoms with E-state index in [0.717, 1.165) is 37.9 Å². The van der Waals surface area contributed by atoms with Gasteiger partial charge in [-0.2, -0.15) is 30.3 Å². The number of nitrogens with zero attached hydrogens (tertiary/aromatic N) is 2. The first-order chi connectivity index (χ1) is 13.1. The summed E-state index contributed by atoms with van der Waals surface area (Å²) in [6.07, 6.45) is 6.96. The number of hydrogen-bond donors (Lipinski definition) is 1. The Morgan fingerprint density at radius 2 is 1.68 bits per heavy atom. The van der Waals surface area contributed by atoms with Crippen LogP contribution in [0.4, 0.5) is 10.5 Å². The van der Waals surface area contributed by atoms with Gasteiger partial charge in [0, 0.05) is 6.54 Å². The van der Waals surface area contributed by atoms with Gasteiger partial charge in [0.25, 0.3) is 0 Å². The fraction of sp³-hybridized carbons (Fsp3) is 0.391. The van der Waals surface area contributed by atoms with Crippen LogP contribution in [0.2, 0.25) is 0 Å². The number of benzene rings is 2. The topological polar surface area (TPSA) is 44.7 Å². The number of rotatable bonds is 3. The van der Waals surface area contributed by atoms with Crippen molar-refractivity contribution in [3.8, 4) is 0 Å². The van der Waals surface area contributed by atoms with Gasteiger partial charge in [0.1, 0.15) is 0 Å². The maximum atomic E-state index is 11.5. The number of carbonyl (C=O) groups excluding carboxylic acids is 1. The molecule has 0 unspecified atom stereocenters. The van der Waals surface area contributed by atoms with Crippen molar-refractivity contribution < 1.29 is 23.2 Å². The number of anilines is 1. The molecule has 0 aliphatic heterocycles. The molecule has 0 radical (unpaired) electrons. The zero-order chi connectivity index (χ0) is 19.2. The number of fused-ring (bicyclic) bond motifs is 2. The molecule has 28 heavy (non-hydrogen) atoms. The molecule has 0 bridgehead atoms. The molecule has 152 valence electrons. The van der Waals surface area contributed by atoms with Crippen LogP contribution in [0.25, 0.3) is 0 Å². The van der Waals surface area contributed by atoms with Crippen LogP contribution in [0.15, 0.2) is 34.0 Å². The quantitative estimate of drug-likeness (QED) is 0.549. The summed E-state index contributed by atoms with van der Waals surface area (Å²) in [5.41, 5.74) is 8.05. The fourth-order valence-corrected chi connectivity index (χ4v) is 4.13. The molecule has 2 aromatic carbocycles. The third-order valence-electron chi connectivity index (χ3n) is 5.06. The van der Waals surface area contributed by atoms with Gasteiger partial charge in [-0.05, 0) is 14.1 Å². The summed E-state index contributed by atoms with van der Waals surface area (Å²) in [4.78, 5) is 13.7. The van der Waals surface area contributed by atoms with Gasteiger partial charge in [0.15, 0.2) is 0 Å². The number of nitrogens with one attached hydrogen (secondary N) is 1. The molecule has 2 aliphatic carbocycles. The molecular weight excluding hydrogens is 525 g/mol. The predicted molar refractivity (Wildman–Crippen MR) is 111 cm³/mol. The van der Waals surface area contributed by atoms with Crippen molar-refractivity contribution >= 4 is 11.7 Å². The molecule has 0 fully saturated rings. The molecule has 0 spiro atoms. The summed E-state index contributed by atoms with van der Waals surface area (Å²) < 4.78 is 3.71. The molecule has 0 heterocycles. The smallest absolute Gasteiger partial charge is 0.358 e. The SMILES string of the molecule is CN(C)Cc1cc[c-]cc1.O=C([N]=[Os])Nc1c2c(cc3c1CCC3)CCC2.[CH3-]. The van der Waals surface area contributed by atoms with Crippen molar-refractivity contribution in [3.63, 3.8) is 0 Å². The van der Waals surface area contributed by atoms with Gasteiger partial charge in [-0.3, -0.25) is 0 Å². The minimum absolute atomic E-state index is 0. The van der Waals surface area contributed by atoms with Crippen LogP contribution in [-0.4, -0.2) is 25.0 Å². The number of hydrogen-bond acceptors (Lipinski definition) is 2. The summed E-state index contributed by atoms with van der Waals surface area (Å²) in [6.45, 7) is 1.01. The molecule has 2 aliphatic rings. The van der Waals surface area contributed by atoms with Crippen LogP contribution < -0.4 is 5.32 Å². The van der Waals surface area contributed by atoms with Gasteiger partial charge in [0.05, 0.1) is 0 Å². The Morgan fingerprint density at radius 1 is 1.11 bits per heavy atom. The summed E-state index contributed by atoms with van der Waals surface area (Å²) in [6, 6.07) is 13.2. The molecular formula is C23H29N3OOs-2. The molecule has 0 saturated heterocycles. The summed E-state index contributed by atoms with van der Waals surface area (Å²) in [5.74, 6) is 0. The standard InChI is InChI=1S/C13H14N2O.C9H12N.CH3.Os/c14-13(16)15-12-10-5-1-3-8(10)7-9-4-2-6-11(9)12;1-10(2)8-9-6-4-3-5-7-9;;/h7H,1-6H2,(H,15,16);4-7H,8H2,1-2H3;1H3;/q;2*-1;. The molecule has 0 aromatic heterocycles. The fourth-order valence-electron chi connectivity index (χ4n) is 3.99. The minimum atomic E-state index is -0.210. The number of amides is 2. The van der Waals surface area contributed by atoms with Crippen LogP contribution >= 0.6 is 0 Å². The Kier molecular flexibility index (Phi) is 8.67. The number of carbonyl (C=O) groups is 1. The van der Waals surface area contributed by atoms with E-state index in [1.807, 2.05) is 12.1 Å². The van der Waals surface area contributed by atoms with Crippen molar-refractivity contribution in [3.05, 3.63) is 71.6 Å². The van der Waals surface area contributed by atoms with E-state index < -0.39 is 0 Å². The van der Waals surface area contributed by atoms with Crippen molar-refractivity contribution in [2.45, 2.75) is 45.1 Å². The summed E-state index contributed by atoms with van der Waals surface area (Å²) in [7, 11) is 4.13. The first-order valence-corrected chi connectivity index (χ1v) is 10.6. The molecule has 4 rings (SSSR count). The molecule has 4 nitrogen and oxygen atoms in total. The van der Waals surface area contributed by atoms with Crippen molar-refractivity contribution in [1.29, 1.82) is 0 Å². The maximum Gasteiger partial charge on any atom is -0.358 e. The van der Waals surface area contributed by atoms with Crippen molar-refractivity contribution in [1.82, 2.24) is 4.90 Å². The maximum absolute atomic E-state index is 11.5. The van der Waals surface area contributed by atoms with E-state index in [-0.39, 0.29) is 13.5 Å². The molecule has 1 N–H and O–H groups in total. The molecule has 0 atom stereocenters. The van der Waals surface area contributed by atoms with E-state index in [1.165, 1.54) is 59.1 Å². The van der Waals surface area contributed by atoms with Gasteiger partial charge >= 0.3 is 111 Å². The van der Waals surface area contributed by atoms with E-state index in [2.05, 4.69) is 52.2 Å². The van der Waals surface area contributed by atoms with Crippen LogP contribution in [0.5, 0.6) is 0 Å². The second kappa shape index (κ2) is 10.7. The Bertz CT molecular complexity index is 786. The summed E-state index contributed by atoms with van der Waals surface area (Å²) >= 11 is 1.35. The average Bonchev–Trinajstić information content (AvgIpc) is 3.31. The Hall–Kier alpha value is -1.69. The van der Waals surface area contributed by atoms with Gasteiger partial charge < -0.3 is 12.3 Å². The van der Waals surface area contributed by atoms with Crippen LogP contribution in [-0.2, 0) is 50.6 Å². The normalized spacial score (nSPS) is 13.7. The van der Waals surface area contributed by atoms with Gasteiger partial charge in [0.2, 0.25) is 0 Å². The first kappa shape index (κ1) is 22.6. The zero-order valence-corrected chi connectivity index (χ0v) is 19.5. The third-order valence-corrected chi connectivity index (χ3v) is 5.58. The van der Waals surface area contributed by atoms with Crippen LogP contribution in [0, 0.1) is 13.5 Å². The predicted octanol–water partition coefficient (Wildman–Crippen LogP) is 4.92. The van der Waals surface area contributed by atoms with Crippen molar-refractivity contribution in [2.75, 3.05) is 19.4 Å². The number of aryl methyl sites for hydroxylation is 2. The molecule has 2 amide bonds. The molecule has 5 heteroatoms. The van der Waals surface area contributed by atoms with E-state index in [4.69, 9.17) is 0 Å². The van der Waals surface area contributed by atoms with E-state index in [9.17, 15) is 4.79 Å². The largest absolute Gasteiger partial charge is 0.358 e. The van der Waals surface area contributed by atoms with E-state index >= 15 is 0 Å².